The number of benzene rings is 1. The van der Waals surface area contributed by atoms with Crippen molar-refractivity contribution in [3.05, 3.63) is 36.0 Å². The molecule has 1 aliphatic heterocycles. The summed E-state index contributed by atoms with van der Waals surface area (Å²) in [5.41, 5.74) is 8.31. The van der Waals surface area contributed by atoms with Crippen molar-refractivity contribution in [2.45, 2.75) is 25.4 Å². The zero-order chi connectivity index (χ0) is 14.8. The number of carbonyl (C=O) groups excluding carboxylic acids is 1. The molecule has 0 saturated carbocycles. The van der Waals surface area contributed by atoms with E-state index < -0.39 is 6.04 Å². The Bertz CT molecular complexity index is 637. The molecule has 1 amide bonds. The van der Waals surface area contributed by atoms with Crippen LogP contribution in [0.2, 0.25) is 0 Å². The van der Waals surface area contributed by atoms with Crippen molar-refractivity contribution in [3.63, 3.8) is 0 Å². The van der Waals surface area contributed by atoms with Crippen LogP contribution in [0.5, 0.6) is 0 Å². The van der Waals surface area contributed by atoms with Crippen LogP contribution in [-0.2, 0) is 16.0 Å². The van der Waals surface area contributed by atoms with Gasteiger partial charge < -0.3 is 20.4 Å². The second-order valence-electron chi connectivity index (χ2n) is 5.63. The molecule has 1 saturated heterocycles. The van der Waals surface area contributed by atoms with E-state index in [9.17, 15) is 4.79 Å². The van der Waals surface area contributed by atoms with Crippen LogP contribution >= 0.6 is 0 Å². The average molecular weight is 287 g/mol. The maximum atomic E-state index is 12.5. The fourth-order valence-electron chi connectivity index (χ4n) is 2.89. The van der Waals surface area contributed by atoms with E-state index in [1.54, 1.807) is 0 Å². The molecule has 112 valence electrons. The fourth-order valence-corrected chi connectivity index (χ4v) is 2.89. The number of aromatic nitrogens is 1. The first-order valence-electron chi connectivity index (χ1n) is 7.35. The van der Waals surface area contributed by atoms with Crippen molar-refractivity contribution < 1.29 is 9.53 Å². The van der Waals surface area contributed by atoms with Crippen LogP contribution in [0.3, 0.4) is 0 Å². The second-order valence-corrected chi connectivity index (χ2v) is 5.63. The molecular formula is C16H21N3O2. The molecule has 1 aromatic heterocycles. The molecule has 1 aliphatic rings. The minimum atomic E-state index is -0.509. The van der Waals surface area contributed by atoms with Crippen LogP contribution in [0.1, 0.15) is 12.5 Å². The molecule has 2 atom stereocenters. The lowest BCUT2D eigenvalue weighted by atomic mass is 10.0. The number of nitrogens with one attached hydrogen (secondary N) is 1. The summed E-state index contributed by atoms with van der Waals surface area (Å²) in [7, 11) is 0. The molecule has 2 heterocycles. The predicted molar refractivity (Wildman–Crippen MR) is 82.0 cm³/mol. The van der Waals surface area contributed by atoms with Crippen molar-refractivity contribution >= 4 is 16.8 Å². The highest BCUT2D eigenvalue weighted by Gasteiger charge is 2.28. The summed E-state index contributed by atoms with van der Waals surface area (Å²) in [5, 5.41) is 1.13. The highest BCUT2D eigenvalue weighted by atomic mass is 16.5. The van der Waals surface area contributed by atoms with Gasteiger partial charge in [0.2, 0.25) is 5.91 Å². The molecule has 5 nitrogen and oxygen atoms in total. The molecular weight excluding hydrogens is 266 g/mol. The fraction of sp³-hybridized carbons (Fsp3) is 0.438. The third-order valence-corrected chi connectivity index (χ3v) is 4.08. The SMILES string of the molecule is C[C@@H]1COCCN1C(=O)[C@H](N)Cc1c[nH]c2ccccc12. The van der Waals surface area contributed by atoms with E-state index in [0.29, 0.717) is 26.2 Å². The molecule has 5 heteroatoms. The van der Waals surface area contributed by atoms with Crippen molar-refractivity contribution in [1.82, 2.24) is 9.88 Å². The Balaban J connectivity index is 1.73. The number of ether oxygens (including phenoxy) is 1. The normalized spacial score (nSPS) is 20.7. The van der Waals surface area contributed by atoms with Crippen molar-refractivity contribution in [2.75, 3.05) is 19.8 Å². The Morgan fingerprint density at radius 3 is 3.14 bits per heavy atom. The number of nitrogens with zero attached hydrogens (tertiary/aromatic N) is 1. The molecule has 3 rings (SSSR count). The number of nitrogens with two attached hydrogens (primary N) is 1. The Kier molecular flexibility index (Phi) is 3.94. The van der Waals surface area contributed by atoms with Gasteiger partial charge in [0.05, 0.1) is 25.3 Å². The molecule has 21 heavy (non-hydrogen) atoms. The first-order chi connectivity index (χ1) is 10.2. The zero-order valence-corrected chi connectivity index (χ0v) is 12.2. The molecule has 0 radical (unpaired) electrons. The van der Waals surface area contributed by atoms with Crippen LogP contribution in [0.4, 0.5) is 0 Å². The third kappa shape index (κ3) is 2.80. The topological polar surface area (TPSA) is 71.3 Å². The molecule has 3 N–H and O–H groups in total. The number of hydrogen-bond donors (Lipinski definition) is 2. The summed E-state index contributed by atoms with van der Waals surface area (Å²) >= 11 is 0. The molecule has 0 bridgehead atoms. The van der Waals surface area contributed by atoms with E-state index >= 15 is 0 Å². The van der Waals surface area contributed by atoms with Gasteiger partial charge in [-0.15, -0.1) is 0 Å². The Hall–Kier alpha value is -1.85. The van der Waals surface area contributed by atoms with Gasteiger partial charge in [0, 0.05) is 23.6 Å². The number of aromatic amines is 1. The van der Waals surface area contributed by atoms with Crippen molar-refractivity contribution in [3.8, 4) is 0 Å². The van der Waals surface area contributed by atoms with Crippen LogP contribution in [-0.4, -0.2) is 47.6 Å². The largest absolute Gasteiger partial charge is 0.377 e. The molecule has 2 aromatic rings. The van der Waals surface area contributed by atoms with E-state index in [2.05, 4.69) is 11.1 Å². The summed E-state index contributed by atoms with van der Waals surface area (Å²) in [6.45, 7) is 3.80. The predicted octanol–water partition coefficient (Wildman–Crippen LogP) is 1.29. The molecule has 0 aliphatic carbocycles. The molecule has 0 unspecified atom stereocenters. The van der Waals surface area contributed by atoms with Gasteiger partial charge in [-0.1, -0.05) is 18.2 Å². The number of morpholine rings is 1. The van der Waals surface area contributed by atoms with E-state index in [-0.39, 0.29) is 11.9 Å². The van der Waals surface area contributed by atoms with Gasteiger partial charge in [0.25, 0.3) is 0 Å². The zero-order valence-electron chi connectivity index (χ0n) is 12.2. The summed E-state index contributed by atoms with van der Waals surface area (Å²) < 4.78 is 5.37. The number of fused-ring (bicyclic) bond motifs is 1. The quantitative estimate of drug-likeness (QED) is 0.893. The number of amides is 1. The van der Waals surface area contributed by atoms with Gasteiger partial charge in [0.15, 0.2) is 0 Å². The number of carbonyl (C=O) groups is 1. The maximum absolute atomic E-state index is 12.5. The lowest BCUT2D eigenvalue weighted by Gasteiger charge is -2.35. The van der Waals surface area contributed by atoms with Gasteiger partial charge in [-0.2, -0.15) is 0 Å². The summed E-state index contributed by atoms with van der Waals surface area (Å²) in [4.78, 5) is 17.6. The summed E-state index contributed by atoms with van der Waals surface area (Å²) in [6, 6.07) is 7.65. The summed E-state index contributed by atoms with van der Waals surface area (Å²) in [5.74, 6) is 0.0103. The first-order valence-corrected chi connectivity index (χ1v) is 7.35. The van der Waals surface area contributed by atoms with E-state index in [1.165, 1.54) is 0 Å². The monoisotopic (exact) mass is 287 g/mol. The Morgan fingerprint density at radius 2 is 2.33 bits per heavy atom. The third-order valence-electron chi connectivity index (χ3n) is 4.08. The number of H-pyrrole nitrogens is 1. The molecule has 1 aromatic carbocycles. The van der Waals surface area contributed by atoms with E-state index in [1.807, 2.05) is 36.2 Å². The van der Waals surface area contributed by atoms with Crippen LogP contribution < -0.4 is 5.73 Å². The standard InChI is InChI=1S/C16H21N3O2/c1-11-10-21-7-6-19(11)16(20)14(17)8-12-9-18-15-5-3-2-4-13(12)15/h2-5,9,11,14,18H,6-8,10,17H2,1H3/t11-,14-/m1/s1. The van der Waals surface area contributed by atoms with Crippen LogP contribution in [0.15, 0.2) is 30.5 Å². The van der Waals surface area contributed by atoms with Crippen molar-refractivity contribution in [1.29, 1.82) is 0 Å². The minimum Gasteiger partial charge on any atom is -0.377 e. The van der Waals surface area contributed by atoms with Gasteiger partial charge >= 0.3 is 0 Å². The number of hydrogen-bond acceptors (Lipinski definition) is 3. The number of para-hydroxylation sites is 1. The highest BCUT2D eigenvalue weighted by molar-refractivity contribution is 5.86. The average Bonchev–Trinajstić information content (AvgIpc) is 2.90. The summed E-state index contributed by atoms with van der Waals surface area (Å²) in [6.07, 6.45) is 2.49. The Morgan fingerprint density at radius 1 is 1.52 bits per heavy atom. The smallest absolute Gasteiger partial charge is 0.240 e. The van der Waals surface area contributed by atoms with E-state index in [4.69, 9.17) is 10.5 Å². The lowest BCUT2D eigenvalue weighted by Crippen LogP contribution is -2.53. The van der Waals surface area contributed by atoms with Crippen LogP contribution in [0.25, 0.3) is 10.9 Å². The van der Waals surface area contributed by atoms with Crippen LogP contribution in [0, 0.1) is 0 Å². The van der Waals surface area contributed by atoms with Crippen molar-refractivity contribution in [2.24, 2.45) is 5.73 Å². The minimum absolute atomic E-state index is 0.0103. The van der Waals surface area contributed by atoms with Gasteiger partial charge in [0.1, 0.15) is 0 Å². The second kappa shape index (κ2) is 5.87. The van der Waals surface area contributed by atoms with Gasteiger partial charge in [-0.25, -0.2) is 0 Å². The van der Waals surface area contributed by atoms with E-state index in [0.717, 1.165) is 16.5 Å². The van der Waals surface area contributed by atoms with Gasteiger partial charge in [-0.3, -0.25) is 4.79 Å². The van der Waals surface area contributed by atoms with Gasteiger partial charge in [-0.05, 0) is 25.0 Å². The lowest BCUT2D eigenvalue weighted by molar-refractivity contribution is -0.140. The highest BCUT2D eigenvalue weighted by Crippen LogP contribution is 2.19. The molecule has 1 fully saturated rings. The Labute approximate surface area is 124 Å². The maximum Gasteiger partial charge on any atom is 0.240 e. The molecule has 0 spiro atoms. The first kappa shape index (κ1) is 14.1. The number of rotatable bonds is 3.